The fourth-order valence-corrected chi connectivity index (χ4v) is 4.88. The van der Waals surface area contributed by atoms with Gasteiger partial charge < -0.3 is 10.5 Å². The van der Waals surface area contributed by atoms with Crippen molar-refractivity contribution in [2.45, 2.75) is 38.0 Å². The number of piperidine rings is 1. The predicted molar refractivity (Wildman–Crippen MR) is 122 cm³/mol. The van der Waals surface area contributed by atoms with E-state index >= 15 is 0 Å². The first-order valence-corrected chi connectivity index (χ1v) is 11.4. The largest absolute Gasteiger partial charge is 0.365 e. The molecule has 2 heterocycles. The first-order chi connectivity index (χ1) is 14.7. The summed E-state index contributed by atoms with van der Waals surface area (Å²) in [6.45, 7) is 1.95. The summed E-state index contributed by atoms with van der Waals surface area (Å²) in [6.07, 6.45) is 4.31. The summed E-state index contributed by atoms with van der Waals surface area (Å²) >= 11 is 1.50. The van der Waals surface area contributed by atoms with E-state index in [1.165, 1.54) is 40.2 Å². The summed E-state index contributed by atoms with van der Waals surface area (Å²) in [5.74, 6) is -0.348. The number of hydrogen-bond donors (Lipinski definition) is 1. The van der Waals surface area contributed by atoms with Crippen LogP contribution >= 0.6 is 11.3 Å². The molecule has 1 aliphatic heterocycles. The van der Waals surface area contributed by atoms with Gasteiger partial charge in [0.05, 0.1) is 4.88 Å². The highest BCUT2D eigenvalue weighted by molar-refractivity contribution is 7.14. The molecule has 0 saturated carbocycles. The maximum absolute atomic E-state index is 11.4. The second-order valence-electron chi connectivity index (χ2n) is 7.70. The number of ether oxygens (including phenoxy) is 1. The third-order valence-electron chi connectivity index (χ3n) is 5.60. The number of amides is 1. The fourth-order valence-electron chi connectivity index (χ4n) is 4.03. The lowest BCUT2D eigenvalue weighted by atomic mass is 10.0. The molecule has 1 aliphatic rings. The second kappa shape index (κ2) is 10.0. The molecule has 4 nitrogen and oxygen atoms in total. The molecule has 4 rings (SSSR count). The van der Waals surface area contributed by atoms with Crippen LogP contribution in [0, 0.1) is 0 Å². The van der Waals surface area contributed by atoms with Crippen LogP contribution in [0.5, 0.6) is 0 Å². The number of primary amides is 1. The molecular weight excluding hydrogens is 392 g/mol. The number of benzene rings is 2. The predicted octanol–water partition coefficient (Wildman–Crippen LogP) is 5.01. The summed E-state index contributed by atoms with van der Waals surface area (Å²) in [5.41, 5.74) is 7.75. The quantitative estimate of drug-likeness (QED) is 0.557. The molecular formula is C25H28N2O2S. The topological polar surface area (TPSA) is 55.6 Å². The molecule has 2 aromatic carbocycles. The number of nitrogens with two attached hydrogens (primary N) is 1. The van der Waals surface area contributed by atoms with Gasteiger partial charge in [0, 0.05) is 18.0 Å². The van der Waals surface area contributed by atoms with Crippen LogP contribution in [0.1, 0.15) is 51.0 Å². The Morgan fingerprint density at radius 1 is 1.00 bits per heavy atom. The van der Waals surface area contributed by atoms with E-state index in [1.807, 2.05) is 24.3 Å². The van der Waals surface area contributed by atoms with Gasteiger partial charge in [-0.25, -0.2) is 0 Å². The zero-order valence-corrected chi connectivity index (χ0v) is 17.9. The van der Waals surface area contributed by atoms with Gasteiger partial charge in [-0.3, -0.25) is 9.69 Å². The Balaban J connectivity index is 1.48. The molecule has 5 heteroatoms. The average molecular weight is 421 g/mol. The van der Waals surface area contributed by atoms with E-state index in [2.05, 4.69) is 53.4 Å². The Morgan fingerprint density at radius 3 is 2.27 bits per heavy atom. The molecule has 1 unspecified atom stereocenters. The SMILES string of the molecule is NC(=O)c1ccc(CCN2CCCCC2OC(c2ccccc2)c2ccccc2)s1. The first kappa shape index (κ1) is 20.8. The van der Waals surface area contributed by atoms with Crippen molar-refractivity contribution in [2.24, 2.45) is 5.73 Å². The van der Waals surface area contributed by atoms with Gasteiger partial charge in [-0.15, -0.1) is 11.3 Å². The molecule has 0 aliphatic carbocycles. The standard InChI is InChI=1S/C25H28N2O2S/c26-25(28)22-15-14-21(30-22)16-18-27-17-8-7-13-23(27)29-24(19-9-3-1-4-10-19)20-11-5-2-6-12-20/h1-6,9-12,14-15,23-24H,7-8,13,16-18H2,(H2,26,28). The molecule has 156 valence electrons. The first-order valence-electron chi connectivity index (χ1n) is 10.6. The minimum Gasteiger partial charge on any atom is -0.365 e. The van der Waals surface area contributed by atoms with Crippen molar-refractivity contribution in [2.75, 3.05) is 13.1 Å². The number of likely N-dealkylation sites (tertiary alicyclic amines) is 1. The van der Waals surface area contributed by atoms with Crippen LogP contribution in [0.4, 0.5) is 0 Å². The van der Waals surface area contributed by atoms with Crippen molar-refractivity contribution in [3.63, 3.8) is 0 Å². The monoisotopic (exact) mass is 420 g/mol. The van der Waals surface area contributed by atoms with E-state index in [1.54, 1.807) is 0 Å². The fraction of sp³-hybridized carbons (Fsp3) is 0.320. The normalized spacial score (nSPS) is 17.3. The van der Waals surface area contributed by atoms with E-state index < -0.39 is 0 Å². The highest BCUT2D eigenvalue weighted by Crippen LogP contribution is 2.31. The molecule has 30 heavy (non-hydrogen) atoms. The molecule has 1 fully saturated rings. The highest BCUT2D eigenvalue weighted by Gasteiger charge is 2.27. The van der Waals surface area contributed by atoms with Crippen molar-refractivity contribution >= 4 is 17.2 Å². The summed E-state index contributed by atoms with van der Waals surface area (Å²) in [4.78, 5) is 15.6. The molecule has 1 amide bonds. The maximum Gasteiger partial charge on any atom is 0.258 e. The molecule has 1 aromatic heterocycles. The maximum atomic E-state index is 11.4. The second-order valence-corrected chi connectivity index (χ2v) is 8.87. The Labute approximate surface area is 182 Å². The van der Waals surface area contributed by atoms with E-state index in [0.717, 1.165) is 25.9 Å². The van der Waals surface area contributed by atoms with Crippen LogP contribution in [0.15, 0.2) is 72.8 Å². The van der Waals surface area contributed by atoms with Gasteiger partial charge in [-0.1, -0.05) is 60.7 Å². The van der Waals surface area contributed by atoms with Crippen molar-refractivity contribution in [1.29, 1.82) is 0 Å². The number of carbonyl (C=O) groups is 1. The number of nitrogens with zero attached hydrogens (tertiary/aromatic N) is 1. The van der Waals surface area contributed by atoms with Gasteiger partial charge in [0.1, 0.15) is 12.3 Å². The summed E-state index contributed by atoms with van der Waals surface area (Å²) < 4.78 is 6.76. The van der Waals surface area contributed by atoms with Gasteiger partial charge in [-0.2, -0.15) is 0 Å². The lowest BCUT2D eigenvalue weighted by Crippen LogP contribution is -2.43. The van der Waals surface area contributed by atoms with Gasteiger partial charge >= 0.3 is 0 Å². The Morgan fingerprint density at radius 2 is 1.67 bits per heavy atom. The van der Waals surface area contributed by atoms with E-state index in [0.29, 0.717) is 4.88 Å². The number of hydrogen-bond acceptors (Lipinski definition) is 4. The smallest absolute Gasteiger partial charge is 0.258 e. The van der Waals surface area contributed by atoms with E-state index in [4.69, 9.17) is 10.5 Å². The van der Waals surface area contributed by atoms with Crippen LogP contribution in [-0.4, -0.2) is 30.1 Å². The Hall–Kier alpha value is -2.47. The molecule has 0 radical (unpaired) electrons. The Bertz CT molecular complexity index is 903. The Kier molecular flexibility index (Phi) is 6.95. The van der Waals surface area contributed by atoms with Gasteiger partial charge in [-0.05, 0) is 48.9 Å². The molecule has 0 spiro atoms. The van der Waals surface area contributed by atoms with Crippen molar-refractivity contribution in [3.8, 4) is 0 Å². The molecule has 0 bridgehead atoms. The van der Waals surface area contributed by atoms with Gasteiger partial charge in [0.15, 0.2) is 0 Å². The van der Waals surface area contributed by atoms with Gasteiger partial charge in [0.2, 0.25) is 0 Å². The van der Waals surface area contributed by atoms with Crippen LogP contribution in [0.2, 0.25) is 0 Å². The average Bonchev–Trinajstić information content (AvgIpc) is 3.27. The van der Waals surface area contributed by atoms with Crippen molar-refractivity contribution in [1.82, 2.24) is 4.90 Å². The molecule has 2 N–H and O–H groups in total. The van der Waals surface area contributed by atoms with Gasteiger partial charge in [0.25, 0.3) is 5.91 Å². The van der Waals surface area contributed by atoms with Crippen LogP contribution in [0.3, 0.4) is 0 Å². The highest BCUT2D eigenvalue weighted by atomic mass is 32.1. The minimum absolute atomic E-state index is 0.0822. The number of thiophene rings is 1. The summed E-state index contributed by atoms with van der Waals surface area (Å²) in [5, 5.41) is 0. The lowest BCUT2D eigenvalue weighted by Gasteiger charge is -2.38. The molecule has 1 saturated heterocycles. The zero-order valence-electron chi connectivity index (χ0n) is 17.1. The summed E-state index contributed by atoms with van der Waals surface area (Å²) in [6, 6.07) is 24.8. The van der Waals surface area contributed by atoms with E-state index in [-0.39, 0.29) is 18.2 Å². The minimum atomic E-state index is -0.348. The number of carbonyl (C=O) groups excluding carboxylic acids is 1. The summed E-state index contributed by atoms with van der Waals surface area (Å²) in [7, 11) is 0. The van der Waals surface area contributed by atoms with E-state index in [9.17, 15) is 4.79 Å². The molecule has 1 atom stereocenters. The third kappa shape index (κ3) is 5.17. The zero-order chi connectivity index (χ0) is 20.8. The van der Waals surface area contributed by atoms with Crippen LogP contribution in [-0.2, 0) is 11.2 Å². The van der Waals surface area contributed by atoms with Crippen LogP contribution < -0.4 is 5.73 Å². The lowest BCUT2D eigenvalue weighted by molar-refractivity contribution is -0.105. The number of rotatable bonds is 8. The van der Waals surface area contributed by atoms with Crippen molar-refractivity contribution < 1.29 is 9.53 Å². The van der Waals surface area contributed by atoms with Crippen LogP contribution in [0.25, 0.3) is 0 Å². The molecule has 3 aromatic rings. The third-order valence-corrected chi connectivity index (χ3v) is 6.76. The van der Waals surface area contributed by atoms with Crippen molar-refractivity contribution in [3.05, 3.63) is 93.7 Å².